The Kier molecular flexibility index (Phi) is 4.63. The summed E-state index contributed by atoms with van der Waals surface area (Å²) in [5.74, 6) is -0.102. The van der Waals surface area contributed by atoms with E-state index in [9.17, 15) is 14.7 Å². The maximum Gasteiger partial charge on any atom is 0.254 e. The van der Waals surface area contributed by atoms with Gasteiger partial charge in [-0.25, -0.2) is 0 Å². The van der Waals surface area contributed by atoms with Crippen LogP contribution in [-0.4, -0.2) is 47.6 Å². The lowest BCUT2D eigenvalue weighted by atomic mass is 9.97. The van der Waals surface area contributed by atoms with Crippen molar-refractivity contribution in [2.24, 2.45) is 5.92 Å². The predicted molar refractivity (Wildman–Crippen MR) is 79.8 cm³/mol. The molecule has 1 fully saturated rings. The molecule has 5 heteroatoms. The van der Waals surface area contributed by atoms with Gasteiger partial charge in [-0.1, -0.05) is 18.2 Å². The minimum atomic E-state index is -0.576. The fourth-order valence-electron chi connectivity index (χ4n) is 2.44. The van der Waals surface area contributed by atoms with Crippen LogP contribution in [0.2, 0.25) is 0 Å². The molecule has 1 saturated carbocycles. The van der Waals surface area contributed by atoms with Gasteiger partial charge in [0.15, 0.2) is 0 Å². The molecule has 1 aliphatic rings. The van der Waals surface area contributed by atoms with Gasteiger partial charge in [0.25, 0.3) is 5.91 Å². The standard InChI is InChI=1S/C16H22N2O3/c1-16(11-19,13-8-9-13)17-14(20)10-18(2)15(21)12-6-4-3-5-7-12/h3-7,13,19H,8-11H2,1-2H3,(H,17,20). The fraction of sp³-hybridized carbons (Fsp3) is 0.500. The van der Waals surface area contributed by atoms with Crippen molar-refractivity contribution in [3.05, 3.63) is 35.9 Å². The van der Waals surface area contributed by atoms with Crippen molar-refractivity contribution in [1.29, 1.82) is 0 Å². The Labute approximate surface area is 125 Å². The molecule has 2 rings (SSSR count). The lowest BCUT2D eigenvalue weighted by molar-refractivity contribution is -0.124. The summed E-state index contributed by atoms with van der Waals surface area (Å²) in [7, 11) is 1.60. The number of aliphatic hydroxyl groups is 1. The number of likely N-dealkylation sites (N-methyl/N-ethyl adjacent to an activating group) is 1. The Balaban J connectivity index is 1.91. The number of amides is 2. The van der Waals surface area contributed by atoms with E-state index < -0.39 is 5.54 Å². The van der Waals surface area contributed by atoms with Crippen LogP contribution in [0.1, 0.15) is 30.1 Å². The quantitative estimate of drug-likeness (QED) is 0.822. The normalized spacial score (nSPS) is 16.9. The molecule has 0 radical (unpaired) electrons. The first-order chi connectivity index (χ1) is 9.96. The van der Waals surface area contributed by atoms with Crippen molar-refractivity contribution in [3.8, 4) is 0 Å². The molecule has 21 heavy (non-hydrogen) atoms. The van der Waals surface area contributed by atoms with E-state index in [1.165, 1.54) is 4.90 Å². The number of carbonyl (C=O) groups excluding carboxylic acids is 2. The molecule has 0 heterocycles. The second kappa shape index (κ2) is 6.26. The molecule has 1 aromatic carbocycles. The number of rotatable bonds is 6. The Morgan fingerprint density at radius 3 is 2.48 bits per heavy atom. The Hall–Kier alpha value is -1.88. The molecular formula is C16H22N2O3. The Morgan fingerprint density at radius 2 is 1.95 bits per heavy atom. The fourth-order valence-corrected chi connectivity index (χ4v) is 2.44. The summed E-state index contributed by atoms with van der Waals surface area (Å²) in [6.45, 7) is 1.75. The average Bonchev–Trinajstić information content (AvgIpc) is 3.32. The SMILES string of the molecule is CN(CC(=O)NC(C)(CO)C1CC1)C(=O)c1ccccc1. The van der Waals surface area contributed by atoms with Crippen LogP contribution in [0, 0.1) is 5.92 Å². The van der Waals surface area contributed by atoms with Crippen molar-refractivity contribution in [3.63, 3.8) is 0 Å². The molecule has 0 saturated heterocycles. The van der Waals surface area contributed by atoms with Gasteiger partial charge in [0.1, 0.15) is 0 Å². The van der Waals surface area contributed by atoms with Gasteiger partial charge in [0.2, 0.25) is 5.91 Å². The Bertz CT molecular complexity index is 514. The number of hydrogen-bond acceptors (Lipinski definition) is 3. The van der Waals surface area contributed by atoms with Crippen LogP contribution < -0.4 is 5.32 Å². The summed E-state index contributed by atoms with van der Waals surface area (Å²) >= 11 is 0. The molecule has 114 valence electrons. The summed E-state index contributed by atoms with van der Waals surface area (Å²) in [5, 5.41) is 12.3. The predicted octanol–water partition coefficient (Wildman–Crippen LogP) is 1.04. The van der Waals surface area contributed by atoms with Crippen molar-refractivity contribution >= 4 is 11.8 Å². The number of nitrogens with one attached hydrogen (secondary N) is 1. The molecular weight excluding hydrogens is 268 g/mol. The van der Waals surface area contributed by atoms with Gasteiger partial charge in [-0.15, -0.1) is 0 Å². The van der Waals surface area contributed by atoms with Gasteiger partial charge >= 0.3 is 0 Å². The molecule has 5 nitrogen and oxygen atoms in total. The highest BCUT2D eigenvalue weighted by molar-refractivity contribution is 5.96. The van der Waals surface area contributed by atoms with E-state index in [1.54, 1.807) is 31.3 Å². The van der Waals surface area contributed by atoms with Crippen molar-refractivity contribution in [2.75, 3.05) is 20.2 Å². The van der Waals surface area contributed by atoms with Crippen molar-refractivity contribution < 1.29 is 14.7 Å². The number of carbonyl (C=O) groups is 2. The zero-order valence-electron chi connectivity index (χ0n) is 12.5. The second-order valence-corrected chi connectivity index (χ2v) is 5.93. The van der Waals surface area contributed by atoms with Crippen LogP contribution in [0.15, 0.2) is 30.3 Å². The van der Waals surface area contributed by atoms with E-state index in [0.717, 1.165) is 12.8 Å². The van der Waals surface area contributed by atoms with Gasteiger partial charge in [-0.2, -0.15) is 0 Å². The van der Waals surface area contributed by atoms with Crippen LogP contribution >= 0.6 is 0 Å². The largest absolute Gasteiger partial charge is 0.394 e. The van der Waals surface area contributed by atoms with Gasteiger partial charge in [0, 0.05) is 12.6 Å². The molecule has 0 aromatic heterocycles. The second-order valence-electron chi connectivity index (χ2n) is 5.93. The smallest absolute Gasteiger partial charge is 0.254 e. The molecule has 0 aliphatic heterocycles. The Morgan fingerprint density at radius 1 is 1.33 bits per heavy atom. The first-order valence-corrected chi connectivity index (χ1v) is 7.18. The number of aliphatic hydroxyl groups excluding tert-OH is 1. The molecule has 1 aromatic rings. The highest BCUT2D eigenvalue weighted by Gasteiger charge is 2.42. The van der Waals surface area contributed by atoms with Crippen LogP contribution in [0.3, 0.4) is 0 Å². The van der Waals surface area contributed by atoms with E-state index in [0.29, 0.717) is 11.5 Å². The lowest BCUT2D eigenvalue weighted by Crippen LogP contribution is -2.53. The molecule has 2 amide bonds. The minimum Gasteiger partial charge on any atom is -0.394 e. The third-order valence-corrected chi connectivity index (χ3v) is 3.98. The summed E-state index contributed by atoms with van der Waals surface area (Å²) in [6, 6.07) is 8.86. The number of nitrogens with zero attached hydrogens (tertiary/aromatic N) is 1. The third kappa shape index (κ3) is 3.82. The van der Waals surface area contributed by atoms with Crippen LogP contribution in [0.5, 0.6) is 0 Å². The molecule has 0 spiro atoms. The summed E-state index contributed by atoms with van der Waals surface area (Å²) in [4.78, 5) is 25.6. The summed E-state index contributed by atoms with van der Waals surface area (Å²) in [6.07, 6.45) is 2.05. The van der Waals surface area contributed by atoms with E-state index in [1.807, 2.05) is 13.0 Å². The van der Waals surface area contributed by atoms with Crippen molar-refractivity contribution in [2.45, 2.75) is 25.3 Å². The van der Waals surface area contributed by atoms with Crippen molar-refractivity contribution in [1.82, 2.24) is 10.2 Å². The number of hydrogen-bond donors (Lipinski definition) is 2. The molecule has 1 atom stereocenters. The topological polar surface area (TPSA) is 69.6 Å². The molecule has 1 unspecified atom stereocenters. The molecule has 2 N–H and O–H groups in total. The maximum absolute atomic E-state index is 12.2. The zero-order chi connectivity index (χ0) is 15.5. The van der Waals surface area contributed by atoms with Gasteiger partial charge < -0.3 is 15.3 Å². The zero-order valence-corrected chi connectivity index (χ0v) is 12.5. The molecule has 0 bridgehead atoms. The lowest BCUT2D eigenvalue weighted by Gasteiger charge is -2.29. The first-order valence-electron chi connectivity index (χ1n) is 7.18. The number of benzene rings is 1. The average molecular weight is 290 g/mol. The van der Waals surface area contributed by atoms with E-state index in [-0.39, 0.29) is 25.0 Å². The van der Waals surface area contributed by atoms with Crippen LogP contribution in [0.4, 0.5) is 0 Å². The monoisotopic (exact) mass is 290 g/mol. The highest BCUT2D eigenvalue weighted by atomic mass is 16.3. The van der Waals surface area contributed by atoms with Crippen LogP contribution in [0.25, 0.3) is 0 Å². The van der Waals surface area contributed by atoms with E-state index in [4.69, 9.17) is 0 Å². The minimum absolute atomic E-state index is 0.0178. The summed E-state index contributed by atoms with van der Waals surface area (Å²) in [5.41, 5.74) is -0.0202. The highest BCUT2D eigenvalue weighted by Crippen LogP contribution is 2.39. The third-order valence-electron chi connectivity index (χ3n) is 3.98. The van der Waals surface area contributed by atoms with Gasteiger partial charge in [0.05, 0.1) is 18.7 Å². The maximum atomic E-state index is 12.2. The van der Waals surface area contributed by atoms with Gasteiger partial charge in [-0.3, -0.25) is 9.59 Å². The molecule has 1 aliphatic carbocycles. The first kappa shape index (κ1) is 15.5. The van der Waals surface area contributed by atoms with Gasteiger partial charge in [-0.05, 0) is 37.8 Å². The van der Waals surface area contributed by atoms with E-state index in [2.05, 4.69) is 5.32 Å². The van der Waals surface area contributed by atoms with E-state index >= 15 is 0 Å². The summed E-state index contributed by atoms with van der Waals surface area (Å²) < 4.78 is 0. The van der Waals surface area contributed by atoms with Crippen LogP contribution in [-0.2, 0) is 4.79 Å².